The topological polar surface area (TPSA) is 102 Å². The van der Waals surface area contributed by atoms with Crippen LogP contribution >= 0.6 is 10.5 Å². The van der Waals surface area contributed by atoms with Gasteiger partial charge in [0.05, 0.1) is 6.54 Å². The summed E-state index contributed by atoms with van der Waals surface area (Å²) in [6.45, 7) is 0.842. The average molecular weight is 325 g/mol. The van der Waals surface area contributed by atoms with Crippen LogP contribution < -0.4 is 15.8 Å². The molecule has 0 aliphatic carbocycles. The molecule has 1 aromatic rings. The van der Waals surface area contributed by atoms with E-state index in [0.29, 0.717) is 30.5 Å². The number of ether oxygens (including phenoxy) is 1. The Morgan fingerprint density at radius 3 is 2.45 bits per heavy atom. The fourth-order valence-electron chi connectivity index (χ4n) is 3.05. The minimum Gasteiger partial charge on any atom is -0.443 e. The summed E-state index contributed by atoms with van der Waals surface area (Å²) < 4.78 is 15.1. The smallest absolute Gasteiger partial charge is 0.414 e. The van der Waals surface area contributed by atoms with Crippen LogP contribution in [-0.4, -0.2) is 41.3 Å². The molecule has 2 saturated heterocycles. The summed E-state index contributed by atoms with van der Waals surface area (Å²) in [6, 6.07) is 8.01. The number of rotatable bonds is 3. The van der Waals surface area contributed by atoms with Crippen LogP contribution in [0.15, 0.2) is 24.3 Å². The normalized spacial score (nSPS) is 35.0. The highest BCUT2D eigenvalue weighted by molar-refractivity contribution is 8.27. The van der Waals surface area contributed by atoms with E-state index in [2.05, 4.69) is 12.1 Å². The summed E-state index contributed by atoms with van der Waals surface area (Å²) in [7, 11) is -1.84. The summed E-state index contributed by atoms with van der Waals surface area (Å²) in [5, 5.41) is 5.84. The zero-order valence-corrected chi connectivity index (χ0v) is 13.3. The quantitative estimate of drug-likeness (QED) is 0.789. The fourth-order valence-corrected chi connectivity index (χ4v) is 4.64. The molecule has 5 N–H and O–H groups in total. The molecule has 0 bridgehead atoms. The third-order valence-corrected chi connectivity index (χ3v) is 6.34. The van der Waals surface area contributed by atoms with Gasteiger partial charge in [0.1, 0.15) is 6.10 Å². The SMILES string of the molecule is NCC1CN(c2ccc(C3CCS(N)(O)CC3)cc2)C(=O)O1. The first kappa shape index (κ1) is 15.6. The Morgan fingerprint density at radius 2 is 1.91 bits per heavy atom. The second-order valence-electron chi connectivity index (χ2n) is 6.03. The molecule has 1 unspecified atom stereocenters. The maximum atomic E-state index is 11.8. The number of cyclic esters (lactones) is 1. The summed E-state index contributed by atoms with van der Waals surface area (Å²) in [6.07, 6.45) is 1.28. The lowest BCUT2D eigenvalue weighted by atomic mass is 9.93. The van der Waals surface area contributed by atoms with Gasteiger partial charge in [0.15, 0.2) is 0 Å². The molecule has 0 radical (unpaired) electrons. The van der Waals surface area contributed by atoms with Gasteiger partial charge in [0.2, 0.25) is 0 Å². The first-order chi connectivity index (χ1) is 10.5. The van der Waals surface area contributed by atoms with Crippen molar-refractivity contribution < 1.29 is 14.1 Å². The van der Waals surface area contributed by atoms with E-state index in [1.54, 1.807) is 4.90 Å². The molecule has 7 heteroatoms. The van der Waals surface area contributed by atoms with Crippen LogP contribution in [0.2, 0.25) is 0 Å². The third kappa shape index (κ3) is 3.22. The first-order valence-electron chi connectivity index (χ1n) is 7.55. The molecule has 0 saturated carbocycles. The Kier molecular flexibility index (Phi) is 4.31. The maximum Gasteiger partial charge on any atom is 0.414 e. The van der Waals surface area contributed by atoms with Crippen molar-refractivity contribution in [2.75, 3.05) is 29.5 Å². The summed E-state index contributed by atoms with van der Waals surface area (Å²) in [4.78, 5) is 13.4. The Morgan fingerprint density at radius 1 is 1.27 bits per heavy atom. The van der Waals surface area contributed by atoms with Crippen LogP contribution in [0.5, 0.6) is 0 Å². The molecule has 2 heterocycles. The van der Waals surface area contributed by atoms with Crippen molar-refractivity contribution in [1.29, 1.82) is 0 Å². The molecule has 1 aromatic carbocycles. The summed E-state index contributed by atoms with van der Waals surface area (Å²) >= 11 is 0. The number of carbonyl (C=O) groups excluding carboxylic acids is 1. The van der Waals surface area contributed by atoms with Crippen molar-refractivity contribution in [2.24, 2.45) is 10.9 Å². The molecule has 2 aliphatic rings. The van der Waals surface area contributed by atoms with Crippen LogP contribution in [-0.2, 0) is 4.74 Å². The number of hydrogen-bond acceptors (Lipinski definition) is 5. The molecule has 0 aromatic heterocycles. The lowest BCUT2D eigenvalue weighted by Crippen LogP contribution is -2.27. The van der Waals surface area contributed by atoms with Crippen LogP contribution in [0.25, 0.3) is 0 Å². The highest BCUT2D eigenvalue weighted by atomic mass is 32.3. The van der Waals surface area contributed by atoms with Gasteiger partial charge in [0, 0.05) is 23.7 Å². The second-order valence-corrected chi connectivity index (χ2v) is 8.65. The number of nitrogens with two attached hydrogens (primary N) is 2. The maximum absolute atomic E-state index is 11.8. The van der Waals surface area contributed by atoms with E-state index in [9.17, 15) is 9.35 Å². The molecule has 22 heavy (non-hydrogen) atoms. The molecule has 122 valence electrons. The van der Waals surface area contributed by atoms with Gasteiger partial charge in [-0.1, -0.05) is 22.6 Å². The van der Waals surface area contributed by atoms with E-state index >= 15 is 0 Å². The Hall–Kier alpha value is -1.28. The van der Waals surface area contributed by atoms with E-state index in [1.165, 1.54) is 5.56 Å². The molecule has 1 atom stereocenters. The van der Waals surface area contributed by atoms with E-state index in [1.807, 2.05) is 12.1 Å². The zero-order valence-electron chi connectivity index (χ0n) is 12.5. The molecule has 2 fully saturated rings. The van der Waals surface area contributed by atoms with Crippen molar-refractivity contribution >= 4 is 22.3 Å². The van der Waals surface area contributed by atoms with E-state index in [4.69, 9.17) is 15.6 Å². The van der Waals surface area contributed by atoms with Gasteiger partial charge in [-0.25, -0.2) is 4.79 Å². The molecular formula is C15H23N3O3S. The second kappa shape index (κ2) is 6.08. The fraction of sp³-hybridized carbons (Fsp3) is 0.533. The predicted molar refractivity (Wildman–Crippen MR) is 89.2 cm³/mol. The van der Waals surface area contributed by atoms with Gasteiger partial charge in [-0.3, -0.25) is 10.0 Å². The first-order valence-corrected chi connectivity index (χ1v) is 9.55. The number of amides is 1. The third-order valence-electron chi connectivity index (χ3n) is 4.45. The highest BCUT2D eigenvalue weighted by Crippen LogP contribution is 2.45. The molecule has 2 aliphatic heterocycles. The standard InChI is InChI=1S/C15H23N3O3S/c16-9-14-10-18(15(19)21-14)13-3-1-11(2-4-13)12-5-7-22(17,20)8-6-12/h1-4,12,14,20H,5-10,16-17H2. The summed E-state index contributed by atoms with van der Waals surface area (Å²) in [5.74, 6) is 1.85. The van der Waals surface area contributed by atoms with Gasteiger partial charge in [-0.05, 0) is 36.5 Å². The summed E-state index contributed by atoms with van der Waals surface area (Å²) in [5.41, 5.74) is 7.62. The van der Waals surface area contributed by atoms with Crippen LogP contribution in [0, 0.1) is 0 Å². The molecule has 0 spiro atoms. The Bertz CT molecular complexity index is 539. The number of benzene rings is 1. The predicted octanol–water partition coefficient (Wildman–Crippen LogP) is 2.00. The Balaban J connectivity index is 1.67. The lowest BCUT2D eigenvalue weighted by molar-refractivity contribution is 0.145. The van der Waals surface area contributed by atoms with Gasteiger partial charge in [-0.2, -0.15) is 0 Å². The van der Waals surface area contributed by atoms with Crippen LogP contribution in [0.1, 0.15) is 24.3 Å². The number of carbonyl (C=O) groups is 1. The van der Waals surface area contributed by atoms with Crippen molar-refractivity contribution in [3.63, 3.8) is 0 Å². The van der Waals surface area contributed by atoms with E-state index in [0.717, 1.165) is 18.5 Å². The van der Waals surface area contributed by atoms with Gasteiger partial charge in [-0.15, -0.1) is 0 Å². The lowest BCUT2D eigenvalue weighted by Gasteiger charge is -2.37. The average Bonchev–Trinajstić information content (AvgIpc) is 2.89. The number of nitrogens with zero attached hydrogens (tertiary/aromatic N) is 1. The van der Waals surface area contributed by atoms with Gasteiger partial charge < -0.3 is 15.0 Å². The van der Waals surface area contributed by atoms with E-state index < -0.39 is 10.5 Å². The van der Waals surface area contributed by atoms with Crippen molar-refractivity contribution in [3.8, 4) is 0 Å². The minimum atomic E-state index is -1.84. The zero-order chi connectivity index (χ0) is 15.7. The van der Waals surface area contributed by atoms with Crippen LogP contribution in [0.4, 0.5) is 10.5 Å². The van der Waals surface area contributed by atoms with Gasteiger partial charge >= 0.3 is 6.09 Å². The van der Waals surface area contributed by atoms with Crippen LogP contribution in [0.3, 0.4) is 0 Å². The van der Waals surface area contributed by atoms with E-state index in [-0.39, 0.29) is 12.2 Å². The van der Waals surface area contributed by atoms with Crippen molar-refractivity contribution in [3.05, 3.63) is 29.8 Å². The molecule has 6 nitrogen and oxygen atoms in total. The van der Waals surface area contributed by atoms with Gasteiger partial charge in [0.25, 0.3) is 0 Å². The van der Waals surface area contributed by atoms with Crippen molar-refractivity contribution in [2.45, 2.75) is 24.9 Å². The molecule has 1 amide bonds. The number of hydrogen-bond donors (Lipinski definition) is 3. The largest absolute Gasteiger partial charge is 0.443 e. The Labute approximate surface area is 132 Å². The highest BCUT2D eigenvalue weighted by Gasteiger charge is 2.31. The minimum absolute atomic E-state index is 0.226. The number of anilines is 1. The molecular weight excluding hydrogens is 302 g/mol. The monoisotopic (exact) mass is 325 g/mol. The molecule has 3 rings (SSSR count). The van der Waals surface area contributed by atoms with Crippen molar-refractivity contribution in [1.82, 2.24) is 0 Å².